The number of carbonyl (C=O) groups is 1. The van der Waals surface area contributed by atoms with Crippen LogP contribution in [-0.4, -0.2) is 18.2 Å². The minimum Gasteiger partial charge on any atom is -0.497 e. The molecule has 0 aliphatic heterocycles. The molecule has 0 amide bonds. The highest BCUT2D eigenvalue weighted by atomic mass is 19.1. The van der Waals surface area contributed by atoms with Crippen molar-refractivity contribution in [2.45, 2.75) is 32.1 Å². The topological polar surface area (TPSA) is 46.5 Å². The first-order valence-corrected chi connectivity index (χ1v) is 7.11. The van der Waals surface area contributed by atoms with Gasteiger partial charge in [0.2, 0.25) is 0 Å². The van der Waals surface area contributed by atoms with Crippen molar-refractivity contribution in [1.29, 1.82) is 0 Å². The van der Waals surface area contributed by atoms with E-state index in [0.717, 1.165) is 19.3 Å². The van der Waals surface area contributed by atoms with Gasteiger partial charge in [0.15, 0.2) is 0 Å². The molecule has 1 N–H and O–H groups in total. The van der Waals surface area contributed by atoms with Gasteiger partial charge in [-0.1, -0.05) is 12.5 Å². The van der Waals surface area contributed by atoms with Gasteiger partial charge in [0, 0.05) is 6.07 Å². The molecule has 3 atom stereocenters. The van der Waals surface area contributed by atoms with Gasteiger partial charge in [0.25, 0.3) is 0 Å². The van der Waals surface area contributed by atoms with E-state index in [-0.39, 0.29) is 11.7 Å². The van der Waals surface area contributed by atoms with E-state index < -0.39 is 11.4 Å². The number of carboxylic acids is 1. The Labute approximate surface area is 117 Å². The van der Waals surface area contributed by atoms with Crippen LogP contribution in [0, 0.1) is 23.1 Å². The quantitative estimate of drug-likeness (QED) is 0.919. The van der Waals surface area contributed by atoms with Crippen molar-refractivity contribution < 1.29 is 19.0 Å². The molecule has 2 aliphatic carbocycles. The normalized spacial score (nSPS) is 31.5. The average molecular weight is 278 g/mol. The third-order valence-electron chi connectivity index (χ3n) is 5.17. The van der Waals surface area contributed by atoms with Crippen molar-refractivity contribution in [1.82, 2.24) is 0 Å². The monoisotopic (exact) mass is 278 g/mol. The van der Waals surface area contributed by atoms with Gasteiger partial charge in [0.1, 0.15) is 11.6 Å². The van der Waals surface area contributed by atoms with E-state index in [1.165, 1.54) is 13.2 Å². The van der Waals surface area contributed by atoms with Crippen LogP contribution in [0.3, 0.4) is 0 Å². The van der Waals surface area contributed by atoms with Crippen LogP contribution in [0.4, 0.5) is 4.39 Å². The van der Waals surface area contributed by atoms with E-state index in [1.54, 1.807) is 12.1 Å². The summed E-state index contributed by atoms with van der Waals surface area (Å²) in [4.78, 5) is 11.8. The third kappa shape index (κ3) is 1.98. The number of hydrogen-bond acceptors (Lipinski definition) is 2. The number of hydrogen-bond donors (Lipinski definition) is 1. The second kappa shape index (κ2) is 4.76. The van der Waals surface area contributed by atoms with Gasteiger partial charge in [-0.2, -0.15) is 0 Å². The molecule has 3 unspecified atom stereocenters. The molecule has 2 saturated carbocycles. The van der Waals surface area contributed by atoms with E-state index in [9.17, 15) is 14.3 Å². The molecule has 3 nitrogen and oxygen atoms in total. The zero-order valence-corrected chi connectivity index (χ0v) is 11.6. The lowest BCUT2D eigenvalue weighted by Crippen LogP contribution is -2.38. The van der Waals surface area contributed by atoms with Crippen LogP contribution in [0.15, 0.2) is 18.2 Å². The van der Waals surface area contributed by atoms with Crippen LogP contribution in [0.2, 0.25) is 0 Å². The van der Waals surface area contributed by atoms with E-state index in [0.29, 0.717) is 30.1 Å². The van der Waals surface area contributed by atoms with Crippen LogP contribution in [-0.2, 0) is 11.2 Å². The first-order chi connectivity index (χ1) is 9.55. The summed E-state index contributed by atoms with van der Waals surface area (Å²) in [5.74, 6) is 0.0418. The first kappa shape index (κ1) is 13.4. The van der Waals surface area contributed by atoms with Gasteiger partial charge in [-0.05, 0) is 49.1 Å². The number of ether oxygens (including phenoxy) is 1. The maximum Gasteiger partial charge on any atom is 0.310 e. The van der Waals surface area contributed by atoms with Gasteiger partial charge >= 0.3 is 5.97 Å². The number of fused-ring (bicyclic) bond motifs is 2. The van der Waals surface area contributed by atoms with Gasteiger partial charge in [0.05, 0.1) is 12.5 Å². The van der Waals surface area contributed by atoms with Crippen LogP contribution in [0.25, 0.3) is 0 Å². The first-order valence-electron chi connectivity index (χ1n) is 7.11. The predicted molar refractivity (Wildman–Crippen MR) is 72.2 cm³/mol. The second-order valence-electron chi connectivity index (χ2n) is 6.18. The summed E-state index contributed by atoms with van der Waals surface area (Å²) in [5.41, 5.74) is -0.279. The lowest BCUT2D eigenvalue weighted by atomic mass is 9.69. The molecule has 108 valence electrons. The number of halogens is 1. The number of methoxy groups -OCH3 is 1. The summed E-state index contributed by atoms with van der Waals surface area (Å²) < 4.78 is 19.1. The third-order valence-corrected chi connectivity index (χ3v) is 5.17. The highest BCUT2D eigenvalue weighted by Gasteiger charge is 2.55. The summed E-state index contributed by atoms with van der Waals surface area (Å²) in [6.07, 6.45) is 4.07. The molecule has 1 aromatic rings. The Balaban J connectivity index is 1.90. The lowest BCUT2D eigenvalue weighted by molar-refractivity contribution is -0.152. The van der Waals surface area contributed by atoms with Crippen LogP contribution < -0.4 is 4.74 Å². The van der Waals surface area contributed by atoms with Crippen LogP contribution in [0.5, 0.6) is 5.75 Å². The van der Waals surface area contributed by atoms with Crippen molar-refractivity contribution in [2.24, 2.45) is 17.3 Å². The fourth-order valence-electron chi connectivity index (χ4n) is 4.14. The molecule has 4 heteroatoms. The fourth-order valence-corrected chi connectivity index (χ4v) is 4.14. The Kier molecular flexibility index (Phi) is 3.19. The number of aliphatic carboxylic acids is 1. The van der Waals surface area contributed by atoms with E-state index >= 15 is 0 Å². The molecule has 2 bridgehead atoms. The standard InChI is InChI=1S/C16H19FO3/c1-20-13-5-3-11(14(17)7-13)9-16(15(18)19)8-10-2-4-12(16)6-10/h3,5,7,10,12H,2,4,6,8-9H2,1H3,(H,18,19). The highest BCUT2D eigenvalue weighted by Crippen LogP contribution is 2.57. The maximum atomic E-state index is 14.1. The Morgan fingerprint density at radius 1 is 1.50 bits per heavy atom. The Morgan fingerprint density at radius 3 is 2.80 bits per heavy atom. The minimum absolute atomic E-state index is 0.200. The average Bonchev–Trinajstić information content (AvgIpc) is 3.02. The second-order valence-corrected chi connectivity index (χ2v) is 6.18. The molecule has 0 spiro atoms. The molecule has 0 heterocycles. The van der Waals surface area contributed by atoms with Crippen molar-refractivity contribution in [2.75, 3.05) is 7.11 Å². The summed E-state index contributed by atoms with van der Waals surface area (Å²) in [6, 6.07) is 4.68. The Morgan fingerprint density at radius 2 is 2.30 bits per heavy atom. The van der Waals surface area contributed by atoms with Gasteiger partial charge in [-0.3, -0.25) is 4.79 Å². The van der Waals surface area contributed by atoms with Crippen molar-refractivity contribution in [3.8, 4) is 5.75 Å². The predicted octanol–water partition coefficient (Wildman–Crippen LogP) is 3.27. The zero-order valence-electron chi connectivity index (χ0n) is 11.6. The largest absolute Gasteiger partial charge is 0.497 e. The molecule has 0 aromatic heterocycles. The number of rotatable bonds is 4. The van der Waals surface area contributed by atoms with Crippen LogP contribution in [0.1, 0.15) is 31.2 Å². The van der Waals surface area contributed by atoms with Crippen LogP contribution >= 0.6 is 0 Å². The molecule has 20 heavy (non-hydrogen) atoms. The Bertz CT molecular complexity index is 543. The summed E-state index contributed by atoms with van der Waals surface area (Å²) in [7, 11) is 1.49. The zero-order chi connectivity index (χ0) is 14.3. The molecule has 0 radical (unpaired) electrons. The summed E-state index contributed by atoms with van der Waals surface area (Å²) >= 11 is 0. The molecule has 2 fully saturated rings. The van der Waals surface area contributed by atoms with E-state index in [1.807, 2.05) is 0 Å². The molecular weight excluding hydrogens is 259 g/mol. The van der Waals surface area contributed by atoms with E-state index in [4.69, 9.17) is 4.74 Å². The summed E-state index contributed by atoms with van der Waals surface area (Å²) in [6.45, 7) is 0. The number of benzene rings is 1. The van der Waals surface area contributed by atoms with Gasteiger partial charge in [-0.25, -0.2) is 4.39 Å². The smallest absolute Gasteiger partial charge is 0.310 e. The van der Waals surface area contributed by atoms with Crippen molar-refractivity contribution in [3.63, 3.8) is 0 Å². The fraction of sp³-hybridized carbons (Fsp3) is 0.562. The molecule has 1 aromatic carbocycles. The highest BCUT2D eigenvalue weighted by molar-refractivity contribution is 5.76. The molecule has 2 aliphatic rings. The maximum absolute atomic E-state index is 14.1. The minimum atomic E-state index is -0.766. The lowest BCUT2D eigenvalue weighted by Gasteiger charge is -2.33. The van der Waals surface area contributed by atoms with Gasteiger partial charge < -0.3 is 9.84 Å². The molecule has 3 rings (SSSR count). The SMILES string of the molecule is COc1ccc(CC2(C(=O)O)CC3CCC2C3)c(F)c1. The molecular formula is C16H19FO3. The van der Waals surface area contributed by atoms with Gasteiger partial charge in [-0.15, -0.1) is 0 Å². The Hall–Kier alpha value is -1.58. The molecule has 0 saturated heterocycles. The number of carboxylic acid groups (broad SMARTS) is 1. The van der Waals surface area contributed by atoms with Crippen molar-refractivity contribution in [3.05, 3.63) is 29.6 Å². The van der Waals surface area contributed by atoms with E-state index in [2.05, 4.69) is 0 Å². The van der Waals surface area contributed by atoms with Crippen molar-refractivity contribution >= 4 is 5.97 Å². The summed E-state index contributed by atoms with van der Waals surface area (Å²) in [5, 5.41) is 9.69.